The molecule has 41 heavy (non-hydrogen) atoms. The van der Waals surface area contributed by atoms with E-state index in [2.05, 4.69) is 10.6 Å². The molecule has 4 amide bonds. The predicted octanol–water partition coefficient (Wildman–Crippen LogP) is 2.74. The van der Waals surface area contributed by atoms with Crippen LogP contribution in [0.3, 0.4) is 0 Å². The summed E-state index contributed by atoms with van der Waals surface area (Å²) < 4.78 is 0. The molecule has 3 rings (SSSR count). The van der Waals surface area contributed by atoms with Crippen molar-refractivity contribution < 1.29 is 14.4 Å². The number of guanidine groups is 1. The summed E-state index contributed by atoms with van der Waals surface area (Å²) in [6.45, 7) is 0.888. The Kier molecular flexibility index (Phi) is 11.3. The maximum atomic E-state index is 14.4. The van der Waals surface area contributed by atoms with E-state index in [9.17, 15) is 14.4 Å². The average molecular weight is 558 g/mol. The Balaban J connectivity index is 1.94. The zero-order chi connectivity index (χ0) is 29.8. The summed E-state index contributed by atoms with van der Waals surface area (Å²) >= 11 is 0. The second kappa shape index (κ2) is 15.1. The third-order valence-corrected chi connectivity index (χ3v) is 6.70. The number of carbonyl (C=O) groups excluding carboxylic acids is 3. The Hall–Kier alpha value is -4.86. The number of rotatable bonds is 13. The normalized spacial score (nSPS) is 11.4. The van der Waals surface area contributed by atoms with Crippen molar-refractivity contribution in [2.75, 3.05) is 20.6 Å². The number of nitrogens with two attached hydrogens (primary N) is 2. The van der Waals surface area contributed by atoms with Crippen LogP contribution in [0, 0.1) is 5.41 Å². The Labute approximate surface area is 241 Å². The van der Waals surface area contributed by atoms with Crippen LogP contribution >= 0.6 is 0 Å². The first-order valence-corrected chi connectivity index (χ1v) is 13.5. The third kappa shape index (κ3) is 9.10. The number of nitrogens with one attached hydrogen (secondary N) is 3. The summed E-state index contributed by atoms with van der Waals surface area (Å²) in [5, 5.41) is 13.0. The Morgan fingerprint density at radius 3 is 1.83 bits per heavy atom. The van der Waals surface area contributed by atoms with Crippen molar-refractivity contribution in [2.45, 2.75) is 37.9 Å². The van der Waals surface area contributed by atoms with Crippen molar-refractivity contribution in [3.05, 3.63) is 107 Å². The lowest BCUT2D eigenvalue weighted by atomic mass is 9.89. The van der Waals surface area contributed by atoms with Gasteiger partial charge in [0.1, 0.15) is 6.04 Å². The molecule has 0 aromatic heterocycles. The number of primary amides is 1. The highest BCUT2D eigenvalue weighted by molar-refractivity contribution is 5.92. The quantitative estimate of drug-likeness (QED) is 0.124. The van der Waals surface area contributed by atoms with Crippen molar-refractivity contribution in [3.8, 4) is 0 Å². The molecule has 0 saturated heterocycles. The van der Waals surface area contributed by atoms with Gasteiger partial charge in [-0.25, -0.2) is 4.79 Å². The highest BCUT2D eigenvalue weighted by Crippen LogP contribution is 2.29. The van der Waals surface area contributed by atoms with Crippen LogP contribution in [0.1, 0.15) is 41.0 Å². The topological polar surface area (TPSA) is 158 Å². The number of amides is 4. The highest BCUT2D eigenvalue weighted by atomic mass is 16.2. The zero-order valence-corrected chi connectivity index (χ0v) is 23.5. The van der Waals surface area contributed by atoms with E-state index in [1.165, 1.54) is 4.90 Å². The van der Waals surface area contributed by atoms with Crippen molar-refractivity contribution in [1.29, 1.82) is 5.41 Å². The molecule has 7 N–H and O–H groups in total. The van der Waals surface area contributed by atoms with Gasteiger partial charge in [-0.05, 0) is 35.1 Å². The lowest BCUT2D eigenvalue weighted by molar-refractivity contribution is -0.141. The fraction of sp³-hybridized carbons (Fsp3) is 0.290. The molecular formula is C31H39N7O3. The Morgan fingerprint density at radius 1 is 0.805 bits per heavy atom. The van der Waals surface area contributed by atoms with E-state index in [4.69, 9.17) is 16.9 Å². The SMILES string of the molecule is CN(C)C(=O)NCc1ccc(CN(C(=O)C(c2ccccc2)c2ccccc2)[C@H](CCCNC(=N)N)C(N)=O)cc1. The molecule has 10 nitrogen and oxygen atoms in total. The van der Waals surface area contributed by atoms with Gasteiger partial charge in [-0.3, -0.25) is 15.0 Å². The molecule has 0 bridgehead atoms. The molecule has 0 aliphatic rings. The lowest BCUT2D eigenvalue weighted by Gasteiger charge is -2.33. The summed E-state index contributed by atoms with van der Waals surface area (Å²) in [5.41, 5.74) is 14.6. The van der Waals surface area contributed by atoms with Gasteiger partial charge in [0.2, 0.25) is 11.8 Å². The molecule has 0 unspecified atom stereocenters. The summed E-state index contributed by atoms with van der Waals surface area (Å²) in [6.07, 6.45) is 0.773. The second-order valence-electron chi connectivity index (χ2n) is 9.99. The summed E-state index contributed by atoms with van der Waals surface area (Å²) in [6, 6.07) is 25.4. The molecule has 0 radical (unpaired) electrons. The van der Waals surface area contributed by atoms with Crippen molar-refractivity contribution in [3.63, 3.8) is 0 Å². The summed E-state index contributed by atoms with van der Waals surface area (Å²) in [4.78, 5) is 42.2. The van der Waals surface area contributed by atoms with E-state index in [0.29, 0.717) is 25.9 Å². The van der Waals surface area contributed by atoms with Gasteiger partial charge in [0, 0.05) is 33.7 Å². The Bertz CT molecular complexity index is 1260. The van der Waals surface area contributed by atoms with Crippen LogP contribution in [-0.2, 0) is 22.7 Å². The molecule has 1 atom stereocenters. The van der Waals surface area contributed by atoms with Crippen molar-refractivity contribution in [1.82, 2.24) is 20.4 Å². The van der Waals surface area contributed by atoms with Crippen LogP contribution in [0.2, 0.25) is 0 Å². The van der Waals surface area contributed by atoms with Gasteiger partial charge in [-0.2, -0.15) is 0 Å². The van der Waals surface area contributed by atoms with E-state index in [0.717, 1.165) is 22.3 Å². The molecule has 0 heterocycles. The van der Waals surface area contributed by atoms with Crippen LogP contribution in [0.15, 0.2) is 84.9 Å². The van der Waals surface area contributed by atoms with Crippen LogP contribution in [0.4, 0.5) is 4.79 Å². The average Bonchev–Trinajstić information content (AvgIpc) is 2.96. The van der Waals surface area contributed by atoms with Gasteiger partial charge in [-0.15, -0.1) is 0 Å². The van der Waals surface area contributed by atoms with Gasteiger partial charge >= 0.3 is 6.03 Å². The summed E-state index contributed by atoms with van der Waals surface area (Å²) in [7, 11) is 3.35. The van der Waals surface area contributed by atoms with Crippen molar-refractivity contribution >= 4 is 23.8 Å². The molecule has 10 heteroatoms. The molecule has 0 fully saturated rings. The molecule has 216 valence electrons. The molecule has 3 aromatic rings. The first-order chi connectivity index (χ1) is 19.7. The maximum absolute atomic E-state index is 14.4. The molecule has 3 aromatic carbocycles. The minimum Gasteiger partial charge on any atom is -0.370 e. The predicted molar refractivity (Wildman–Crippen MR) is 160 cm³/mol. The van der Waals surface area contributed by atoms with Crippen LogP contribution in [-0.4, -0.2) is 60.3 Å². The van der Waals surface area contributed by atoms with Crippen LogP contribution in [0.5, 0.6) is 0 Å². The van der Waals surface area contributed by atoms with E-state index >= 15 is 0 Å². The minimum atomic E-state index is -0.884. The zero-order valence-electron chi connectivity index (χ0n) is 23.5. The number of hydrogen-bond donors (Lipinski definition) is 5. The third-order valence-electron chi connectivity index (χ3n) is 6.70. The van der Waals surface area contributed by atoms with E-state index in [1.54, 1.807) is 19.0 Å². The maximum Gasteiger partial charge on any atom is 0.317 e. The van der Waals surface area contributed by atoms with Gasteiger partial charge in [0.15, 0.2) is 5.96 Å². The van der Waals surface area contributed by atoms with Crippen molar-refractivity contribution in [2.24, 2.45) is 11.5 Å². The molecule has 0 spiro atoms. The van der Waals surface area contributed by atoms with Gasteiger partial charge in [0.25, 0.3) is 0 Å². The van der Waals surface area contributed by atoms with Crippen LogP contribution in [0.25, 0.3) is 0 Å². The van der Waals surface area contributed by atoms with E-state index in [1.807, 2.05) is 84.9 Å². The summed E-state index contributed by atoms with van der Waals surface area (Å²) in [5.74, 6) is -1.66. The molecule has 0 aliphatic heterocycles. The fourth-order valence-electron chi connectivity index (χ4n) is 4.54. The van der Waals surface area contributed by atoms with Gasteiger partial charge in [-0.1, -0.05) is 84.9 Å². The second-order valence-corrected chi connectivity index (χ2v) is 9.99. The number of benzene rings is 3. The van der Waals surface area contributed by atoms with Crippen LogP contribution < -0.4 is 22.1 Å². The smallest absolute Gasteiger partial charge is 0.317 e. The monoisotopic (exact) mass is 557 g/mol. The molecule has 0 aliphatic carbocycles. The largest absolute Gasteiger partial charge is 0.370 e. The van der Waals surface area contributed by atoms with Gasteiger partial charge < -0.3 is 31.9 Å². The van der Waals surface area contributed by atoms with Gasteiger partial charge in [0.05, 0.1) is 5.92 Å². The minimum absolute atomic E-state index is 0.160. The fourth-order valence-corrected chi connectivity index (χ4v) is 4.54. The molecule has 0 saturated carbocycles. The standard InChI is InChI=1S/C31H39N7O3/c1-37(2)31(41)36-20-22-15-17-23(18-16-22)21-38(26(28(32)39)14-9-19-35-30(33)34)29(40)27(24-10-5-3-6-11-24)25-12-7-4-8-13-25/h3-8,10-13,15-18,26-27H,9,14,19-21H2,1-2H3,(H2,32,39)(H,36,41)(H4,33,34,35)/t26-/m1/s1. The highest BCUT2D eigenvalue weighted by Gasteiger charge is 2.34. The first kappa shape index (κ1) is 30.7. The number of nitrogens with zero attached hydrogens (tertiary/aromatic N) is 2. The number of carbonyl (C=O) groups is 3. The first-order valence-electron chi connectivity index (χ1n) is 13.5. The molecular weight excluding hydrogens is 518 g/mol. The van der Waals surface area contributed by atoms with E-state index < -0.39 is 17.9 Å². The number of hydrogen-bond acceptors (Lipinski definition) is 4. The number of urea groups is 1. The Morgan fingerprint density at radius 2 is 1.34 bits per heavy atom. The van der Waals surface area contributed by atoms with E-state index in [-0.39, 0.29) is 24.4 Å². The lowest BCUT2D eigenvalue weighted by Crippen LogP contribution is -2.49.